The van der Waals surface area contributed by atoms with Gasteiger partial charge in [-0.05, 0) is 18.2 Å². The molecular weight excluding hydrogens is 194 g/mol. The number of hydrogen-bond acceptors (Lipinski definition) is 4. The molecule has 1 aliphatic heterocycles. The van der Waals surface area contributed by atoms with Gasteiger partial charge in [0.15, 0.2) is 0 Å². The van der Waals surface area contributed by atoms with E-state index in [2.05, 4.69) is 9.97 Å². The first-order chi connectivity index (χ1) is 7.42. The van der Waals surface area contributed by atoms with Crippen LogP contribution in [-0.4, -0.2) is 23.0 Å². The number of allylic oxidation sites excluding steroid dienone is 2. The van der Waals surface area contributed by atoms with Gasteiger partial charge in [0.2, 0.25) is 18.2 Å². The number of carbonyl (C=O) groups excluding carboxylic acids is 1. The molecule has 0 saturated heterocycles. The third-order valence-corrected chi connectivity index (χ3v) is 1.81. The summed E-state index contributed by atoms with van der Waals surface area (Å²) in [6, 6.07) is 1.68. The Morgan fingerprint density at radius 1 is 1.40 bits per heavy atom. The predicted octanol–water partition coefficient (Wildman–Crippen LogP) is 0.867. The number of hydrogen-bond donors (Lipinski definition) is 0. The van der Waals surface area contributed by atoms with Gasteiger partial charge in [-0.3, -0.25) is 4.79 Å². The fourth-order valence-corrected chi connectivity index (χ4v) is 1.15. The van der Waals surface area contributed by atoms with Crippen molar-refractivity contribution in [1.29, 1.82) is 0 Å². The average Bonchev–Trinajstić information content (AvgIpc) is 2.33. The van der Waals surface area contributed by atoms with Crippen LogP contribution in [0, 0.1) is 0 Å². The highest BCUT2D eigenvalue weighted by Gasteiger charge is 2.15. The molecule has 1 amide bonds. The fourth-order valence-electron chi connectivity index (χ4n) is 1.15. The molecule has 0 saturated carbocycles. The molecule has 0 atom stereocenters. The molecule has 2 rings (SSSR count). The molecule has 0 radical (unpaired) electrons. The molecule has 2 heterocycles. The Bertz CT molecular complexity index is 400. The van der Waals surface area contributed by atoms with Gasteiger partial charge in [-0.2, -0.15) is 0 Å². The van der Waals surface area contributed by atoms with Crippen LogP contribution in [0.3, 0.4) is 0 Å². The van der Waals surface area contributed by atoms with Crippen molar-refractivity contribution >= 4 is 12.4 Å². The van der Waals surface area contributed by atoms with Crippen LogP contribution in [0.25, 0.3) is 0 Å². The molecule has 1 aromatic rings. The van der Waals surface area contributed by atoms with E-state index in [1.807, 2.05) is 12.2 Å². The SMILES string of the molecule is O=CN(C1=CC=CCO1)c1ncccn1. The Balaban J connectivity index is 2.28. The van der Waals surface area contributed by atoms with E-state index in [9.17, 15) is 4.79 Å². The number of carbonyl (C=O) groups is 1. The largest absolute Gasteiger partial charge is 0.474 e. The van der Waals surface area contributed by atoms with Gasteiger partial charge in [-0.1, -0.05) is 6.08 Å². The summed E-state index contributed by atoms with van der Waals surface area (Å²) in [4.78, 5) is 20.1. The van der Waals surface area contributed by atoms with Crippen molar-refractivity contribution in [3.05, 3.63) is 42.6 Å². The van der Waals surface area contributed by atoms with Gasteiger partial charge >= 0.3 is 0 Å². The zero-order valence-corrected chi connectivity index (χ0v) is 7.91. The number of nitrogens with zero attached hydrogens (tertiary/aromatic N) is 3. The van der Waals surface area contributed by atoms with Crippen molar-refractivity contribution in [3.8, 4) is 0 Å². The normalized spacial score (nSPS) is 14.0. The summed E-state index contributed by atoms with van der Waals surface area (Å²) in [7, 11) is 0. The first-order valence-corrected chi connectivity index (χ1v) is 4.43. The van der Waals surface area contributed by atoms with Crippen molar-refractivity contribution in [2.75, 3.05) is 11.5 Å². The van der Waals surface area contributed by atoms with Gasteiger partial charge in [-0.25, -0.2) is 14.9 Å². The summed E-state index contributed by atoms with van der Waals surface area (Å²) in [5.41, 5.74) is 0. The molecule has 76 valence electrons. The first-order valence-electron chi connectivity index (χ1n) is 4.43. The maximum absolute atomic E-state index is 10.9. The molecule has 5 nitrogen and oxygen atoms in total. The quantitative estimate of drug-likeness (QED) is 0.684. The van der Waals surface area contributed by atoms with Gasteiger partial charge in [0.1, 0.15) is 6.61 Å². The van der Waals surface area contributed by atoms with E-state index in [0.717, 1.165) is 0 Å². The van der Waals surface area contributed by atoms with Crippen LogP contribution < -0.4 is 4.90 Å². The number of aromatic nitrogens is 2. The van der Waals surface area contributed by atoms with E-state index in [1.54, 1.807) is 24.5 Å². The molecule has 1 aromatic heterocycles. The summed E-state index contributed by atoms with van der Waals surface area (Å²) < 4.78 is 5.27. The lowest BCUT2D eigenvalue weighted by Crippen LogP contribution is -2.25. The minimum absolute atomic E-state index is 0.300. The maximum atomic E-state index is 10.9. The summed E-state index contributed by atoms with van der Waals surface area (Å²) in [6.45, 7) is 0.447. The van der Waals surface area contributed by atoms with Gasteiger partial charge in [0.05, 0.1) is 0 Å². The standard InChI is InChI=1S/C10H9N3O2/c14-8-13(9-4-1-2-7-15-9)10-11-5-3-6-12-10/h1-6,8H,7H2. The van der Waals surface area contributed by atoms with Crippen LogP contribution in [0.5, 0.6) is 0 Å². The zero-order chi connectivity index (χ0) is 10.5. The van der Waals surface area contributed by atoms with Crippen molar-refractivity contribution in [2.45, 2.75) is 0 Å². The summed E-state index contributed by atoms with van der Waals surface area (Å²) in [5.74, 6) is 0.729. The molecule has 0 N–H and O–H groups in total. The van der Waals surface area contributed by atoms with Crippen LogP contribution >= 0.6 is 0 Å². The van der Waals surface area contributed by atoms with Gasteiger partial charge in [0, 0.05) is 12.4 Å². The lowest BCUT2D eigenvalue weighted by molar-refractivity contribution is -0.107. The highest BCUT2D eigenvalue weighted by Crippen LogP contribution is 2.14. The van der Waals surface area contributed by atoms with E-state index < -0.39 is 0 Å². The Hall–Kier alpha value is -2.17. The number of rotatable bonds is 3. The van der Waals surface area contributed by atoms with Gasteiger partial charge < -0.3 is 4.74 Å². The molecule has 5 heteroatoms. The van der Waals surface area contributed by atoms with Crippen LogP contribution in [0.1, 0.15) is 0 Å². The highest BCUT2D eigenvalue weighted by atomic mass is 16.5. The van der Waals surface area contributed by atoms with Crippen LogP contribution in [0.2, 0.25) is 0 Å². The summed E-state index contributed by atoms with van der Waals surface area (Å²) >= 11 is 0. The Morgan fingerprint density at radius 2 is 2.20 bits per heavy atom. The maximum Gasteiger partial charge on any atom is 0.238 e. The number of amides is 1. The van der Waals surface area contributed by atoms with Crippen molar-refractivity contribution in [2.24, 2.45) is 0 Å². The molecule has 0 unspecified atom stereocenters. The Kier molecular flexibility index (Phi) is 2.73. The Morgan fingerprint density at radius 3 is 2.80 bits per heavy atom. The van der Waals surface area contributed by atoms with E-state index >= 15 is 0 Å². The Labute approximate surface area is 86.7 Å². The average molecular weight is 203 g/mol. The third-order valence-electron chi connectivity index (χ3n) is 1.81. The minimum atomic E-state index is 0.300. The smallest absolute Gasteiger partial charge is 0.238 e. The topological polar surface area (TPSA) is 55.3 Å². The van der Waals surface area contributed by atoms with Gasteiger partial charge in [0.25, 0.3) is 0 Å². The minimum Gasteiger partial charge on any atom is -0.474 e. The van der Waals surface area contributed by atoms with Crippen LogP contribution in [0.4, 0.5) is 5.95 Å². The van der Waals surface area contributed by atoms with Gasteiger partial charge in [-0.15, -0.1) is 0 Å². The van der Waals surface area contributed by atoms with Crippen LogP contribution in [0.15, 0.2) is 42.6 Å². The fraction of sp³-hybridized carbons (Fsp3) is 0.100. The van der Waals surface area contributed by atoms with E-state index in [4.69, 9.17) is 4.74 Å². The first kappa shape index (κ1) is 9.39. The lowest BCUT2D eigenvalue weighted by Gasteiger charge is -2.19. The highest BCUT2D eigenvalue weighted by molar-refractivity contribution is 5.75. The zero-order valence-electron chi connectivity index (χ0n) is 7.91. The monoisotopic (exact) mass is 203 g/mol. The van der Waals surface area contributed by atoms with Crippen molar-refractivity contribution in [3.63, 3.8) is 0 Å². The molecule has 0 aliphatic carbocycles. The molecule has 0 fully saturated rings. The van der Waals surface area contributed by atoms with Crippen molar-refractivity contribution < 1.29 is 9.53 Å². The van der Waals surface area contributed by atoms with E-state index in [1.165, 1.54) is 4.90 Å². The second kappa shape index (κ2) is 4.36. The lowest BCUT2D eigenvalue weighted by atomic mass is 10.4. The number of ether oxygens (including phenoxy) is 1. The molecule has 1 aliphatic rings. The number of anilines is 1. The second-order valence-electron chi connectivity index (χ2n) is 2.77. The van der Waals surface area contributed by atoms with E-state index in [-0.39, 0.29) is 0 Å². The van der Waals surface area contributed by atoms with Crippen LogP contribution in [-0.2, 0) is 9.53 Å². The summed E-state index contributed by atoms with van der Waals surface area (Å²) in [6.07, 6.45) is 9.11. The molecular formula is C10H9N3O2. The van der Waals surface area contributed by atoms with Crippen molar-refractivity contribution in [1.82, 2.24) is 9.97 Å². The van der Waals surface area contributed by atoms with E-state index in [0.29, 0.717) is 24.8 Å². The summed E-state index contributed by atoms with van der Waals surface area (Å²) in [5, 5.41) is 0. The third kappa shape index (κ3) is 2.01. The predicted molar refractivity (Wildman–Crippen MR) is 53.8 cm³/mol. The molecule has 0 aromatic carbocycles. The molecule has 0 bridgehead atoms. The second-order valence-corrected chi connectivity index (χ2v) is 2.77. The molecule has 0 spiro atoms. The molecule has 15 heavy (non-hydrogen) atoms.